The Kier molecular flexibility index (Phi) is 8.22. The molecule has 2 aromatic carbocycles. The minimum absolute atomic E-state index is 0.0301. The number of esters is 1. The molecule has 1 amide bonds. The standard InChI is InChI=1S/C20H23ClN2O6S/c1-4-23(5-2)30(26,27)18-12-15(21)8-11-17(18)29-13-19(24)22-16-9-6-14(7-10-16)20(25)28-3/h6-12H,4-5,13H2,1-3H3,(H,22,24). The predicted molar refractivity (Wildman–Crippen MR) is 113 cm³/mol. The molecule has 0 aromatic heterocycles. The van der Waals surface area contributed by atoms with Crippen LogP contribution in [0.5, 0.6) is 5.75 Å². The Morgan fingerprint density at radius 2 is 1.70 bits per heavy atom. The number of ether oxygens (including phenoxy) is 2. The zero-order valence-electron chi connectivity index (χ0n) is 16.8. The van der Waals surface area contributed by atoms with Gasteiger partial charge in [-0.25, -0.2) is 13.2 Å². The van der Waals surface area contributed by atoms with Gasteiger partial charge in [0.05, 0.1) is 12.7 Å². The Morgan fingerprint density at radius 1 is 1.07 bits per heavy atom. The summed E-state index contributed by atoms with van der Waals surface area (Å²) in [6, 6.07) is 10.3. The Morgan fingerprint density at radius 3 is 2.27 bits per heavy atom. The topological polar surface area (TPSA) is 102 Å². The van der Waals surface area contributed by atoms with Crippen molar-refractivity contribution in [3.63, 3.8) is 0 Å². The lowest BCUT2D eigenvalue weighted by Crippen LogP contribution is -2.31. The molecule has 0 aliphatic carbocycles. The van der Waals surface area contributed by atoms with Crippen LogP contribution in [0.25, 0.3) is 0 Å². The van der Waals surface area contributed by atoms with Crippen molar-refractivity contribution in [1.29, 1.82) is 0 Å². The summed E-state index contributed by atoms with van der Waals surface area (Å²) in [5.74, 6) is -0.953. The fourth-order valence-electron chi connectivity index (χ4n) is 2.65. The molecule has 0 saturated heterocycles. The molecule has 0 aliphatic rings. The van der Waals surface area contributed by atoms with Crippen LogP contribution in [0.2, 0.25) is 5.02 Å². The fraction of sp³-hybridized carbons (Fsp3) is 0.300. The number of carbonyl (C=O) groups excluding carboxylic acids is 2. The second-order valence-electron chi connectivity index (χ2n) is 6.09. The maximum atomic E-state index is 12.9. The highest BCUT2D eigenvalue weighted by atomic mass is 35.5. The molecule has 0 bridgehead atoms. The summed E-state index contributed by atoms with van der Waals surface area (Å²) in [4.78, 5) is 23.6. The summed E-state index contributed by atoms with van der Waals surface area (Å²) in [5, 5.41) is 2.85. The van der Waals surface area contributed by atoms with E-state index in [4.69, 9.17) is 16.3 Å². The first-order valence-corrected chi connectivity index (χ1v) is 11.0. The predicted octanol–water partition coefficient (Wildman–Crippen LogP) is 3.17. The molecule has 0 aliphatic heterocycles. The zero-order valence-corrected chi connectivity index (χ0v) is 18.4. The number of methoxy groups -OCH3 is 1. The molecule has 0 fully saturated rings. The van der Waals surface area contributed by atoms with E-state index in [-0.39, 0.29) is 28.8 Å². The number of anilines is 1. The van der Waals surface area contributed by atoms with Gasteiger partial charge in [-0.15, -0.1) is 0 Å². The van der Waals surface area contributed by atoms with Crippen molar-refractivity contribution in [2.45, 2.75) is 18.7 Å². The molecule has 0 unspecified atom stereocenters. The van der Waals surface area contributed by atoms with Crippen molar-refractivity contribution < 1.29 is 27.5 Å². The molecular weight excluding hydrogens is 432 g/mol. The number of amides is 1. The average Bonchev–Trinajstić information content (AvgIpc) is 2.73. The maximum Gasteiger partial charge on any atom is 0.337 e. The van der Waals surface area contributed by atoms with Gasteiger partial charge in [-0.05, 0) is 42.5 Å². The maximum absolute atomic E-state index is 12.9. The fourth-order valence-corrected chi connectivity index (χ4v) is 4.51. The summed E-state index contributed by atoms with van der Waals surface area (Å²) in [7, 11) is -2.55. The Labute approximate surface area is 180 Å². The summed E-state index contributed by atoms with van der Waals surface area (Å²) >= 11 is 5.98. The summed E-state index contributed by atoms with van der Waals surface area (Å²) in [6.45, 7) is 3.61. The van der Waals surface area contributed by atoms with Gasteiger partial charge in [-0.3, -0.25) is 4.79 Å². The second kappa shape index (κ2) is 10.4. The lowest BCUT2D eigenvalue weighted by molar-refractivity contribution is -0.118. The third kappa shape index (κ3) is 5.71. The molecule has 0 saturated carbocycles. The van der Waals surface area contributed by atoms with Gasteiger partial charge >= 0.3 is 5.97 Å². The number of hydrogen-bond acceptors (Lipinski definition) is 6. The van der Waals surface area contributed by atoms with Crippen molar-refractivity contribution in [3.05, 3.63) is 53.1 Å². The van der Waals surface area contributed by atoms with Crippen LogP contribution in [-0.2, 0) is 19.6 Å². The highest BCUT2D eigenvalue weighted by Gasteiger charge is 2.26. The number of nitrogens with one attached hydrogen (secondary N) is 1. The Balaban J connectivity index is 2.12. The van der Waals surface area contributed by atoms with Crippen LogP contribution in [0.1, 0.15) is 24.2 Å². The molecule has 2 rings (SSSR count). The quantitative estimate of drug-likeness (QED) is 0.584. The molecule has 0 spiro atoms. The third-order valence-corrected chi connectivity index (χ3v) is 6.48. The van der Waals surface area contributed by atoms with Gasteiger partial charge in [0, 0.05) is 23.8 Å². The summed E-state index contributed by atoms with van der Waals surface area (Å²) in [5.41, 5.74) is 0.794. The van der Waals surface area contributed by atoms with E-state index in [9.17, 15) is 18.0 Å². The molecule has 0 atom stereocenters. The number of sulfonamides is 1. The van der Waals surface area contributed by atoms with E-state index in [1.165, 1.54) is 41.7 Å². The SMILES string of the molecule is CCN(CC)S(=O)(=O)c1cc(Cl)ccc1OCC(=O)Nc1ccc(C(=O)OC)cc1. The first-order chi connectivity index (χ1) is 14.2. The molecule has 162 valence electrons. The van der Waals surface area contributed by atoms with Crippen molar-refractivity contribution in [3.8, 4) is 5.75 Å². The van der Waals surface area contributed by atoms with E-state index in [0.29, 0.717) is 11.3 Å². The lowest BCUT2D eigenvalue weighted by Gasteiger charge is -2.20. The minimum Gasteiger partial charge on any atom is -0.482 e. The number of hydrogen-bond donors (Lipinski definition) is 1. The van der Waals surface area contributed by atoms with Gasteiger partial charge in [-0.2, -0.15) is 4.31 Å². The molecule has 1 N–H and O–H groups in total. The van der Waals surface area contributed by atoms with Crippen molar-refractivity contribution in [2.75, 3.05) is 32.1 Å². The van der Waals surface area contributed by atoms with E-state index in [0.717, 1.165) is 0 Å². The highest BCUT2D eigenvalue weighted by Crippen LogP contribution is 2.30. The zero-order chi connectivity index (χ0) is 22.3. The number of rotatable bonds is 9. The minimum atomic E-state index is -3.83. The average molecular weight is 455 g/mol. The van der Waals surface area contributed by atoms with Crippen LogP contribution in [0.4, 0.5) is 5.69 Å². The van der Waals surface area contributed by atoms with Crippen LogP contribution < -0.4 is 10.1 Å². The molecule has 2 aromatic rings. The van der Waals surface area contributed by atoms with Gasteiger partial charge in [0.2, 0.25) is 10.0 Å². The first-order valence-electron chi connectivity index (χ1n) is 9.13. The van der Waals surface area contributed by atoms with E-state index in [1.54, 1.807) is 26.0 Å². The van der Waals surface area contributed by atoms with E-state index in [1.807, 2.05) is 0 Å². The largest absolute Gasteiger partial charge is 0.482 e. The molecular formula is C20H23ClN2O6S. The smallest absolute Gasteiger partial charge is 0.337 e. The van der Waals surface area contributed by atoms with Crippen molar-refractivity contribution >= 4 is 39.2 Å². The number of carbonyl (C=O) groups is 2. The number of benzene rings is 2. The summed E-state index contributed by atoms with van der Waals surface area (Å²) in [6.07, 6.45) is 0. The highest BCUT2D eigenvalue weighted by molar-refractivity contribution is 7.89. The molecule has 0 radical (unpaired) electrons. The van der Waals surface area contributed by atoms with E-state index in [2.05, 4.69) is 10.1 Å². The van der Waals surface area contributed by atoms with Crippen molar-refractivity contribution in [1.82, 2.24) is 4.31 Å². The molecule has 8 nitrogen and oxygen atoms in total. The van der Waals surface area contributed by atoms with E-state index < -0.39 is 28.5 Å². The third-order valence-electron chi connectivity index (χ3n) is 4.18. The van der Waals surface area contributed by atoms with Gasteiger partial charge in [0.25, 0.3) is 5.91 Å². The van der Waals surface area contributed by atoms with E-state index >= 15 is 0 Å². The van der Waals surface area contributed by atoms with Crippen LogP contribution in [-0.4, -0.2) is 51.4 Å². The Bertz CT molecular complexity index is 1000. The number of halogens is 1. The van der Waals surface area contributed by atoms with Gasteiger partial charge in [0.15, 0.2) is 6.61 Å². The number of nitrogens with zero attached hydrogens (tertiary/aromatic N) is 1. The Hall–Kier alpha value is -2.62. The van der Waals surface area contributed by atoms with Gasteiger partial charge < -0.3 is 14.8 Å². The second-order valence-corrected chi connectivity index (χ2v) is 8.43. The van der Waals surface area contributed by atoms with Crippen LogP contribution in [0, 0.1) is 0 Å². The summed E-state index contributed by atoms with van der Waals surface area (Å²) < 4.78 is 37.1. The van der Waals surface area contributed by atoms with Crippen LogP contribution >= 0.6 is 11.6 Å². The lowest BCUT2D eigenvalue weighted by atomic mass is 10.2. The van der Waals surface area contributed by atoms with Crippen molar-refractivity contribution in [2.24, 2.45) is 0 Å². The van der Waals surface area contributed by atoms with Crippen LogP contribution in [0.3, 0.4) is 0 Å². The van der Waals surface area contributed by atoms with Gasteiger partial charge in [-0.1, -0.05) is 25.4 Å². The molecule has 0 heterocycles. The monoisotopic (exact) mass is 454 g/mol. The van der Waals surface area contributed by atoms with Crippen LogP contribution in [0.15, 0.2) is 47.4 Å². The first kappa shape index (κ1) is 23.7. The molecule has 30 heavy (non-hydrogen) atoms. The normalized spacial score (nSPS) is 11.2. The molecule has 10 heteroatoms. The van der Waals surface area contributed by atoms with Gasteiger partial charge in [0.1, 0.15) is 10.6 Å².